The van der Waals surface area contributed by atoms with Gasteiger partial charge < -0.3 is 90.9 Å². The lowest BCUT2D eigenvalue weighted by molar-refractivity contribution is -0.364. The second-order valence-electron chi connectivity index (χ2n) is 12.6. The Morgan fingerprint density at radius 1 is 0.630 bits per heavy atom. The quantitative estimate of drug-likeness (QED) is 0.101. The van der Waals surface area contributed by atoms with Crippen LogP contribution < -0.4 is 0 Å². The van der Waals surface area contributed by atoms with E-state index >= 15 is 0 Å². The number of carbonyl (C=O) groups is 4. The van der Waals surface area contributed by atoms with Crippen LogP contribution in [-0.2, 0) is 84.5 Å². The fraction of sp³-hybridized carbons (Fsp3) is 0.846. The molecule has 0 saturated carbocycles. The Hall–Kier alpha value is -0.630. The highest BCUT2D eigenvalue weighted by atomic mass is 27.2. The molecule has 0 aliphatic carbocycles. The van der Waals surface area contributed by atoms with Gasteiger partial charge in [0.1, 0.15) is 48.8 Å². The fourth-order valence-electron chi connectivity index (χ4n) is 6.85. The van der Waals surface area contributed by atoms with Gasteiger partial charge in [-0.05, 0) is 0 Å². The SMILES string of the molecule is CO[C@@H]1O[C@H]2C(=O)[O][AlH][O]C(C1O)[C@@H]2O[C@@H]1C[C@H](O)[C@@H](O[C@@H]2O[C@H]3C(=O)[O][AlH][O]C(C2O)[C@@H]3O[C@H]2OC(C(=O)[O][AlH])[C@H](OC)[C@@H](O)C2O)C(C(=O)[O][AlH])O1. The summed E-state index contributed by atoms with van der Waals surface area (Å²) in [5, 5.41) is 55.0. The van der Waals surface area contributed by atoms with Gasteiger partial charge in [-0.3, -0.25) is 19.2 Å². The Morgan fingerprint density at radius 3 is 1.69 bits per heavy atom. The van der Waals surface area contributed by atoms with Crippen LogP contribution in [0.5, 0.6) is 0 Å². The lowest BCUT2D eigenvalue weighted by Crippen LogP contribution is -2.67. The first kappa shape index (κ1) is 43.0. The van der Waals surface area contributed by atoms with Crippen molar-refractivity contribution in [2.75, 3.05) is 14.2 Å². The van der Waals surface area contributed by atoms with Crippen LogP contribution >= 0.6 is 0 Å². The molecule has 6 aliphatic heterocycles. The number of rotatable bonds is 10. The molecular weight excluding hydrogens is 804 g/mol. The van der Waals surface area contributed by atoms with E-state index in [1.165, 1.54) is 7.11 Å². The number of carbonyl (C=O) groups excluding carboxylic acids is 4. The third-order valence-electron chi connectivity index (χ3n) is 9.52. The number of fused-ring (bicyclic) bond motifs is 4. The molecule has 0 aromatic rings. The third kappa shape index (κ3) is 8.56. The standard InChI is InChI=1S/C26H36O24.4Al.4H/c1-42-13-6(28)10(32)26(49-17(13)21(36)37)47-15-8(30)11(33)25(50-19(15)23(40)41)46-12-4(27)3-5(45-16(12)20(34)35)44-14-7(29)9(31)24(43-2)48-18(14)22(38)39;;;;;;;;/h4-19,24-28,31-33H,3H2,1-2H3,(H,34,35)(H,36,37)(H,38,39)(H,40,41);;;;;;;;/q-2;2*+1;2*+2;;;;/p-4/t4-,5-,6-,7?,8?,9?,10?,11?,12+,13+,14-,15-,16?,17?,18+,19+,24+,25+,26-;;;;;;;;/m0......../s1. The van der Waals surface area contributed by atoms with Crippen molar-refractivity contribution < 1.29 is 110 Å². The molecule has 5 N–H and O–H groups in total. The van der Waals surface area contributed by atoms with Gasteiger partial charge >= 0.3 is 88.9 Å². The van der Waals surface area contributed by atoms with Gasteiger partial charge in [0, 0.05) is 20.6 Å². The molecule has 296 valence electrons. The maximum atomic E-state index is 13.1. The molecule has 54 heavy (non-hydrogen) atoms. The van der Waals surface area contributed by atoms with Crippen LogP contribution in [0.25, 0.3) is 0 Å². The summed E-state index contributed by atoms with van der Waals surface area (Å²) in [7, 11) is 2.41. The second-order valence-corrected chi connectivity index (χ2v) is 14.9. The van der Waals surface area contributed by atoms with Crippen LogP contribution in [0.1, 0.15) is 6.42 Å². The van der Waals surface area contributed by atoms with E-state index in [9.17, 15) is 44.7 Å². The molecule has 24 nitrogen and oxygen atoms in total. The summed E-state index contributed by atoms with van der Waals surface area (Å²) in [5.41, 5.74) is 0. The van der Waals surface area contributed by atoms with E-state index in [0.29, 0.717) is 0 Å². The van der Waals surface area contributed by atoms with Gasteiger partial charge in [0.15, 0.2) is 49.6 Å². The van der Waals surface area contributed by atoms with Gasteiger partial charge in [0.05, 0.1) is 18.3 Å². The second kappa shape index (κ2) is 18.5. The number of aliphatic hydroxyl groups is 5. The van der Waals surface area contributed by atoms with Crippen LogP contribution in [0.15, 0.2) is 0 Å². The predicted octanol–water partition coefficient (Wildman–Crippen LogP) is -8.97. The Bertz CT molecular complexity index is 1370. The van der Waals surface area contributed by atoms with Gasteiger partial charge in [-0.1, -0.05) is 0 Å². The average Bonchev–Trinajstić information content (AvgIpc) is 3.35. The molecular formula is C26H36Al4O24. The number of hydrogen-bond acceptors (Lipinski definition) is 24. The summed E-state index contributed by atoms with van der Waals surface area (Å²) in [5.74, 6) is -3.89. The van der Waals surface area contributed by atoms with E-state index in [4.69, 9.17) is 65.4 Å². The number of hydrogen-bond donors (Lipinski definition) is 5. The molecule has 0 amide bonds. The summed E-state index contributed by atoms with van der Waals surface area (Å²) < 4.78 is 81.8. The molecule has 6 saturated heterocycles. The molecule has 6 aliphatic rings. The largest absolute Gasteiger partial charge is 0.742 e. The predicted molar refractivity (Wildman–Crippen MR) is 164 cm³/mol. The molecule has 6 fully saturated rings. The normalized spacial score (nSPS) is 46.3. The monoisotopic (exact) mass is 840 g/mol. The molecule has 0 aromatic heterocycles. The van der Waals surface area contributed by atoms with E-state index in [1.807, 2.05) is 0 Å². The zero-order valence-electron chi connectivity index (χ0n) is 28.5. The average molecular weight is 840 g/mol. The van der Waals surface area contributed by atoms with Crippen molar-refractivity contribution >= 4 is 88.9 Å². The minimum absolute atomic E-state index is 0.427. The lowest BCUT2D eigenvalue weighted by Gasteiger charge is -2.48. The summed E-state index contributed by atoms with van der Waals surface area (Å²) in [6, 6.07) is 0. The van der Waals surface area contributed by atoms with Crippen LogP contribution in [0.4, 0.5) is 0 Å². The lowest BCUT2D eigenvalue weighted by atomic mass is 9.96. The van der Waals surface area contributed by atoms with E-state index in [2.05, 4.69) is 0 Å². The van der Waals surface area contributed by atoms with Gasteiger partial charge in [0.25, 0.3) is 0 Å². The van der Waals surface area contributed by atoms with Crippen molar-refractivity contribution in [1.29, 1.82) is 0 Å². The van der Waals surface area contributed by atoms with Crippen LogP contribution in [0.2, 0.25) is 0 Å². The molecule has 6 rings (SSSR count). The maximum absolute atomic E-state index is 13.1. The topological polar surface area (TPSA) is 308 Å². The van der Waals surface area contributed by atoms with Gasteiger partial charge in [-0.2, -0.15) is 0 Å². The molecule has 7 unspecified atom stereocenters. The van der Waals surface area contributed by atoms with E-state index in [1.54, 1.807) is 0 Å². The zero-order chi connectivity index (χ0) is 39.0. The minimum Gasteiger partial charge on any atom is -0.622 e. The summed E-state index contributed by atoms with van der Waals surface area (Å²) >= 11 is -2.41. The first-order chi connectivity index (χ1) is 25.8. The first-order valence-electron chi connectivity index (χ1n) is 16.4. The van der Waals surface area contributed by atoms with Crippen molar-refractivity contribution in [3.63, 3.8) is 0 Å². The molecule has 19 atom stereocenters. The highest BCUT2D eigenvalue weighted by Crippen LogP contribution is 2.37. The summed E-state index contributed by atoms with van der Waals surface area (Å²) in [6.07, 6.45) is -30.4. The van der Waals surface area contributed by atoms with Gasteiger partial charge in [-0.25, -0.2) is 0 Å². The van der Waals surface area contributed by atoms with Crippen molar-refractivity contribution in [1.82, 2.24) is 0 Å². The Labute approximate surface area is 334 Å². The Kier molecular flexibility index (Phi) is 14.7. The highest BCUT2D eigenvalue weighted by molar-refractivity contribution is 6.23. The highest BCUT2D eigenvalue weighted by Gasteiger charge is 2.59. The van der Waals surface area contributed by atoms with E-state index in [-0.39, 0.29) is 0 Å². The van der Waals surface area contributed by atoms with E-state index < -0.39 is 179 Å². The zero-order valence-corrected chi connectivity index (χ0v) is 34.2. The van der Waals surface area contributed by atoms with Gasteiger partial charge in [0.2, 0.25) is 0 Å². The van der Waals surface area contributed by atoms with Crippen molar-refractivity contribution in [3.8, 4) is 0 Å². The third-order valence-corrected chi connectivity index (χ3v) is 11.9. The van der Waals surface area contributed by atoms with Crippen molar-refractivity contribution in [3.05, 3.63) is 0 Å². The van der Waals surface area contributed by atoms with Crippen molar-refractivity contribution in [2.45, 2.75) is 123 Å². The van der Waals surface area contributed by atoms with Crippen LogP contribution in [0, 0.1) is 0 Å². The number of ether oxygens (including phenoxy) is 9. The van der Waals surface area contributed by atoms with E-state index in [0.717, 1.165) is 40.4 Å². The summed E-state index contributed by atoms with van der Waals surface area (Å²) in [4.78, 5) is 51.2. The minimum atomic E-state index is -2.13. The summed E-state index contributed by atoms with van der Waals surface area (Å²) in [6.45, 7) is 0. The number of aliphatic hydroxyl groups excluding tert-OH is 5. The van der Waals surface area contributed by atoms with Gasteiger partial charge in [-0.15, -0.1) is 0 Å². The van der Waals surface area contributed by atoms with Crippen molar-refractivity contribution in [2.24, 2.45) is 0 Å². The molecule has 2 radical (unpaired) electrons. The molecule has 28 heteroatoms. The smallest absolute Gasteiger partial charge is 0.622 e. The molecule has 0 aromatic carbocycles. The Morgan fingerprint density at radius 2 is 1.13 bits per heavy atom. The molecule has 6 heterocycles. The van der Waals surface area contributed by atoms with Crippen LogP contribution in [-0.4, -0.2) is 245 Å². The molecule has 0 spiro atoms. The first-order valence-corrected chi connectivity index (χ1v) is 19.8. The maximum Gasteiger partial charge on any atom is 0.742 e. The Balaban J connectivity index is 1.18. The number of methoxy groups -OCH3 is 2. The molecule has 4 bridgehead atoms. The fourth-order valence-corrected chi connectivity index (χ4v) is 8.96. The van der Waals surface area contributed by atoms with Crippen LogP contribution in [0.3, 0.4) is 0 Å².